The predicted molar refractivity (Wildman–Crippen MR) is 104 cm³/mol. The molecule has 3 fully saturated rings. The topological polar surface area (TPSA) is 48.9 Å². The molecule has 1 aliphatic carbocycles. The highest BCUT2D eigenvalue weighted by molar-refractivity contribution is 5.80. The van der Waals surface area contributed by atoms with Gasteiger partial charge in [0.2, 0.25) is 0 Å². The third-order valence-corrected chi connectivity index (χ3v) is 6.08. The van der Waals surface area contributed by atoms with Gasteiger partial charge in [0.1, 0.15) is 0 Å². The third kappa shape index (κ3) is 4.88. The zero-order valence-electron chi connectivity index (χ0n) is 16.8. The van der Waals surface area contributed by atoms with E-state index in [1.165, 1.54) is 32.2 Å². The first-order valence-electron chi connectivity index (χ1n) is 10.2. The summed E-state index contributed by atoms with van der Waals surface area (Å²) >= 11 is 0. The molecule has 0 spiro atoms. The van der Waals surface area contributed by atoms with Gasteiger partial charge < -0.3 is 15.4 Å². The van der Waals surface area contributed by atoms with Crippen molar-refractivity contribution in [3.8, 4) is 0 Å². The van der Waals surface area contributed by atoms with Gasteiger partial charge in [0.15, 0.2) is 5.96 Å². The van der Waals surface area contributed by atoms with Crippen LogP contribution >= 0.6 is 0 Å². The minimum Gasteiger partial charge on any atom is -0.377 e. The van der Waals surface area contributed by atoms with E-state index < -0.39 is 0 Å². The second-order valence-electron chi connectivity index (χ2n) is 9.43. The first-order valence-corrected chi connectivity index (χ1v) is 10.2. The molecular weight excluding hydrogens is 312 g/mol. The molecule has 0 aromatic heterocycles. The highest BCUT2D eigenvalue weighted by Gasteiger charge is 2.39. The molecule has 0 aromatic rings. The molecule has 4 atom stereocenters. The van der Waals surface area contributed by atoms with E-state index in [2.05, 4.69) is 48.2 Å². The SMILES string of the molecule is CN=C(NCC1CCCOC1C(C)(C)C)NC1CN(C2CC2)CC1C. The number of ether oxygens (including phenoxy) is 1. The van der Waals surface area contributed by atoms with Crippen LogP contribution < -0.4 is 10.6 Å². The summed E-state index contributed by atoms with van der Waals surface area (Å²) < 4.78 is 6.11. The van der Waals surface area contributed by atoms with Gasteiger partial charge in [0, 0.05) is 51.3 Å². The fraction of sp³-hybridized carbons (Fsp3) is 0.950. The van der Waals surface area contributed by atoms with Crippen LogP contribution in [0.3, 0.4) is 0 Å². The lowest BCUT2D eigenvalue weighted by atomic mass is 9.78. The molecule has 144 valence electrons. The quantitative estimate of drug-likeness (QED) is 0.604. The van der Waals surface area contributed by atoms with Crippen LogP contribution in [0.1, 0.15) is 53.4 Å². The van der Waals surface area contributed by atoms with Crippen LogP contribution in [0, 0.1) is 17.3 Å². The minimum atomic E-state index is 0.189. The Balaban J connectivity index is 1.50. The largest absolute Gasteiger partial charge is 0.377 e. The molecule has 0 amide bonds. The van der Waals surface area contributed by atoms with Crippen LogP contribution in [-0.4, -0.2) is 62.3 Å². The molecule has 0 aromatic carbocycles. The van der Waals surface area contributed by atoms with E-state index in [9.17, 15) is 0 Å². The zero-order valence-corrected chi connectivity index (χ0v) is 16.8. The van der Waals surface area contributed by atoms with Crippen molar-refractivity contribution >= 4 is 5.96 Å². The minimum absolute atomic E-state index is 0.189. The van der Waals surface area contributed by atoms with E-state index in [1.807, 2.05) is 7.05 Å². The second kappa shape index (κ2) is 7.83. The average Bonchev–Trinajstić information content (AvgIpc) is 3.35. The molecule has 25 heavy (non-hydrogen) atoms. The number of likely N-dealkylation sites (tertiary alicyclic amines) is 1. The standard InChI is InChI=1S/C20H38N4O/c1-14-12-24(16-8-9-16)13-17(14)23-19(21-5)22-11-15-7-6-10-25-18(15)20(2,3)4/h14-18H,6-13H2,1-5H3,(H2,21,22,23). The summed E-state index contributed by atoms with van der Waals surface area (Å²) in [6, 6.07) is 1.36. The van der Waals surface area contributed by atoms with Crippen molar-refractivity contribution in [1.29, 1.82) is 0 Å². The summed E-state index contributed by atoms with van der Waals surface area (Å²) in [6.45, 7) is 13.4. The molecule has 5 nitrogen and oxygen atoms in total. The molecule has 4 unspecified atom stereocenters. The molecule has 2 aliphatic heterocycles. The van der Waals surface area contributed by atoms with Gasteiger partial charge in [-0.15, -0.1) is 0 Å². The number of rotatable bonds is 4. The van der Waals surface area contributed by atoms with E-state index in [1.54, 1.807) is 0 Å². The van der Waals surface area contributed by atoms with E-state index in [-0.39, 0.29) is 5.41 Å². The monoisotopic (exact) mass is 350 g/mol. The average molecular weight is 351 g/mol. The normalized spacial score (nSPS) is 35.0. The molecule has 2 N–H and O–H groups in total. The maximum absolute atomic E-state index is 6.11. The Morgan fingerprint density at radius 1 is 1.20 bits per heavy atom. The van der Waals surface area contributed by atoms with Crippen molar-refractivity contribution in [3.63, 3.8) is 0 Å². The summed E-state index contributed by atoms with van der Waals surface area (Å²) in [5.74, 6) is 2.18. The molecule has 5 heteroatoms. The number of hydrogen-bond donors (Lipinski definition) is 2. The van der Waals surface area contributed by atoms with Gasteiger partial charge in [0.25, 0.3) is 0 Å². The number of nitrogens with zero attached hydrogens (tertiary/aromatic N) is 2. The van der Waals surface area contributed by atoms with E-state index in [4.69, 9.17) is 4.74 Å². The Labute approximate surface area is 154 Å². The lowest BCUT2D eigenvalue weighted by Crippen LogP contribution is -2.50. The fourth-order valence-corrected chi connectivity index (χ4v) is 4.54. The van der Waals surface area contributed by atoms with Crippen LogP contribution in [0.4, 0.5) is 0 Å². The summed E-state index contributed by atoms with van der Waals surface area (Å²) in [5, 5.41) is 7.27. The van der Waals surface area contributed by atoms with Crippen molar-refractivity contribution in [3.05, 3.63) is 0 Å². The maximum atomic E-state index is 6.11. The first-order chi connectivity index (χ1) is 11.9. The molecule has 1 saturated carbocycles. The van der Waals surface area contributed by atoms with Gasteiger partial charge >= 0.3 is 0 Å². The second-order valence-corrected chi connectivity index (χ2v) is 9.43. The molecule has 0 radical (unpaired) electrons. The molecule has 3 aliphatic rings. The van der Waals surface area contributed by atoms with E-state index in [0.29, 0.717) is 24.0 Å². The highest BCUT2D eigenvalue weighted by Crippen LogP contribution is 2.34. The van der Waals surface area contributed by atoms with Crippen LogP contribution in [0.25, 0.3) is 0 Å². The van der Waals surface area contributed by atoms with Crippen LogP contribution in [-0.2, 0) is 4.74 Å². The molecule has 3 rings (SSSR count). The summed E-state index contributed by atoms with van der Waals surface area (Å²) in [4.78, 5) is 7.13. The Bertz CT molecular complexity index is 469. The van der Waals surface area contributed by atoms with Crippen molar-refractivity contribution < 1.29 is 4.74 Å². The van der Waals surface area contributed by atoms with Gasteiger partial charge in [0.05, 0.1) is 6.10 Å². The van der Waals surface area contributed by atoms with Crippen molar-refractivity contribution in [2.75, 3.05) is 33.3 Å². The Morgan fingerprint density at radius 3 is 2.60 bits per heavy atom. The lowest BCUT2D eigenvalue weighted by Gasteiger charge is -2.40. The van der Waals surface area contributed by atoms with Gasteiger partial charge in [-0.05, 0) is 37.0 Å². The van der Waals surface area contributed by atoms with Crippen LogP contribution in [0.15, 0.2) is 4.99 Å². The smallest absolute Gasteiger partial charge is 0.191 e. The maximum Gasteiger partial charge on any atom is 0.191 e. The lowest BCUT2D eigenvalue weighted by molar-refractivity contribution is -0.0835. The molecular formula is C20H38N4O. The Morgan fingerprint density at radius 2 is 1.96 bits per heavy atom. The van der Waals surface area contributed by atoms with E-state index >= 15 is 0 Å². The molecule has 2 saturated heterocycles. The fourth-order valence-electron chi connectivity index (χ4n) is 4.54. The number of aliphatic imine (C=N–C) groups is 1. The van der Waals surface area contributed by atoms with Gasteiger partial charge in [-0.2, -0.15) is 0 Å². The predicted octanol–water partition coefficient (Wildman–Crippen LogP) is 2.48. The number of hydrogen-bond acceptors (Lipinski definition) is 3. The summed E-state index contributed by atoms with van der Waals surface area (Å²) in [6.07, 6.45) is 5.51. The highest BCUT2D eigenvalue weighted by atomic mass is 16.5. The molecule has 0 bridgehead atoms. The van der Waals surface area contributed by atoms with Crippen molar-refractivity contribution in [2.45, 2.75) is 71.6 Å². The van der Waals surface area contributed by atoms with Gasteiger partial charge in [-0.25, -0.2) is 0 Å². The number of guanidine groups is 1. The van der Waals surface area contributed by atoms with E-state index in [0.717, 1.165) is 31.7 Å². The van der Waals surface area contributed by atoms with Gasteiger partial charge in [-0.1, -0.05) is 27.7 Å². The third-order valence-electron chi connectivity index (χ3n) is 6.08. The van der Waals surface area contributed by atoms with Crippen LogP contribution in [0.2, 0.25) is 0 Å². The Hall–Kier alpha value is -0.810. The van der Waals surface area contributed by atoms with Gasteiger partial charge in [-0.3, -0.25) is 9.89 Å². The molecule has 2 heterocycles. The first kappa shape index (κ1) is 19.0. The van der Waals surface area contributed by atoms with Crippen molar-refractivity contribution in [2.24, 2.45) is 22.2 Å². The number of nitrogens with one attached hydrogen (secondary N) is 2. The Kier molecular flexibility index (Phi) is 5.94. The van der Waals surface area contributed by atoms with Crippen molar-refractivity contribution in [1.82, 2.24) is 15.5 Å². The summed E-state index contributed by atoms with van der Waals surface area (Å²) in [7, 11) is 1.88. The summed E-state index contributed by atoms with van der Waals surface area (Å²) in [5.41, 5.74) is 0.189. The van der Waals surface area contributed by atoms with Crippen LogP contribution in [0.5, 0.6) is 0 Å². The zero-order chi connectivity index (χ0) is 18.0.